The number of piperidine rings is 1. The highest BCUT2D eigenvalue weighted by Gasteiger charge is 2.24. The van der Waals surface area contributed by atoms with E-state index in [0.29, 0.717) is 6.04 Å². The molecule has 2 heteroatoms. The smallest absolute Gasteiger partial charge is 0.00676 e. The van der Waals surface area contributed by atoms with Crippen LogP contribution in [0.2, 0.25) is 0 Å². The standard InChI is InChI=1S/C15H32N2/c1-12(2)16-8-6-7-15(5)17-10-13(3)9-14(4)11-17/h12-16H,6-11H2,1-5H3. The molecule has 2 nitrogen and oxygen atoms in total. The Morgan fingerprint density at radius 3 is 2.24 bits per heavy atom. The first-order valence-electron chi connectivity index (χ1n) is 7.46. The fourth-order valence-corrected chi connectivity index (χ4v) is 3.04. The first kappa shape index (κ1) is 15.0. The van der Waals surface area contributed by atoms with Crippen LogP contribution in [0, 0.1) is 11.8 Å². The highest BCUT2D eigenvalue weighted by atomic mass is 15.2. The average molecular weight is 240 g/mol. The van der Waals surface area contributed by atoms with E-state index in [-0.39, 0.29) is 0 Å². The van der Waals surface area contributed by atoms with Crippen molar-refractivity contribution in [3.63, 3.8) is 0 Å². The van der Waals surface area contributed by atoms with E-state index >= 15 is 0 Å². The molecule has 17 heavy (non-hydrogen) atoms. The molecule has 1 aliphatic heterocycles. The summed E-state index contributed by atoms with van der Waals surface area (Å²) in [5.74, 6) is 1.77. The van der Waals surface area contributed by atoms with Gasteiger partial charge in [0.15, 0.2) is 0 Å². The second-order valence-corrected chi connectivity index (χ2v) is 6.50. The normalized spacial score (nSPS) is 28.6. The van der Waals surface area contributed by atoms with E-state index in [4.69, 9.17) is 0 Å². The van der Waals surface area contributed by atoms with E-state index in [1.807, 2.05) is 0 Å². The minimum atomic E-state index is 0.625. The van der Waals surface area contributed by atoms with Crippen molar-refractivity contribution in [2.75, 3.05) is 19.6 Å². The number of likely N-dealkylation sites (tertiary alicyclic amines) is 1. The van der Waals surface area contributed by atoms with Crippen molar-refractivity contribution in [1.82, 2.24) is 10.2 Å². The Morgan fingerprint density at radius 1 is 1.12 bits per heavy atom. The average Bonchev–Trinajstić information content (AvgIpc) is 2.22. The van der Waals surface area contributed by atoms with Gasteiger partial charge in [-0.3, -0.25) is 0 Å². The second-order valence-electron chi connectivity index (χ2n) is 6.50. The van der Waals surface area contributed by atoms with E-state index in [1.54, 1.807) is 0 Å². The maximum Gasteiger partial charge on any atom is 0.00676 e. The van der Waals surface area contributed by atoms with Crippen molar-refractivity contribution in [3.05, 3.63) is 0 Å². The minimum Gasteiger partial charge on any atom is -0.315 e. The molecule has 0 radical (unpaired) electrons. The number of hydrogen-bond donors (Lipinski definition) is 1. The SMILES string of the molecule is CC1CC(C)CN(C(C)CCCNC(C)C)C1. The number of rotatable bonds is 6. The first-order valence-corrected chi connectivity index (χ1v) is 7.46. The molecule has 3 atom stereocenters. The summed E-state index contributed by atoms with van der Waals surface area (Å²) in [4.78, 5) is 2.70. The maximum atomic E-state index is 3.50. The molecular weight excluding hydrogens is 208 g/mol. The monoisotopic (exact) mass is 240 g/mol. The molecule has 1 fully saturated rings. The third-order valence-corrected chi connectivity index (χ3v) is 3.87. The Bertz CT molecular complexity index is 193. The fraction of sp³-hybridized carbons (Fsp3) is 1.00. The summed E-state index contributed by atoms with van der Waals surface area (Å²) in [6.07, 6.45) is 4.05. The van der Waals surface area contributed by atoms with Gasteiger partial charge in [0.25, 0.3) is 0 Å². The Kier molecular flexibility index (Phi) is 6.50. The molecule has 3 unspecified atom stereocenters. The van der Waals surface area contributed by atoms with Crippen LogP contribution in [0.4, 0.5) is 0 Å². The Morgan fingerprint density at radius 2 is 1.71 bits per heavy atom. The Labute approximate surface area is 108 Å². The van der Waals surface area contributed by atoms with Crippen LogP contribution in [-0.2, 0) is 0 Å². The van der Waals surface area contributed by atoms with Gasteiger partial charge in [-0.25, -0.2) is 0 Å². The molecule has 1 N–H and O–H groups in total. The predicted octanol–water partition coefficient (Wildman–Crippen LogP) is 3.13. The van der Waals surface area contributed by atoms with Gasteiger partial charge < -0.3 is 10.2 Å². The molecule has 0 saturated carbocycles. The van der Waals surface area contributed by atoms with E-state index in [9.17, 15) is 0 Å². The topological polar surface area (TPSA) is 15.3 Å². The van der Waals surface area contributed by atoms with Crippen molar-refractivity contribution < 1.29 is 0 Å². The van der Waals surface area contributed by atoms with Crippen LogP contribution in [0.5, 0.6) is 0 Å². The highest BCUT2D eigenvalue weighted by Crippen LogP contribution is 2.23. The number of nitrogens with zero attached hydrogens (tertiary/aromatic N) is 1. The first-order chi connectivity index (χ1) is 7.99. The van der Waals surface area contributed by atoms with Gasteiger partial charge in [-0.05, 0) is 44.6 Å². The maximum absolute atomic E-state index is 3.50. The largest absolute Gasteiger partial charge is 0.315 e. The van der Waals surface area contributed by atoms with Gasteiger partial charge in [0, 0.05) is 25.2 Å². The molecule has 0 aromatic carbocycles. The summed E-state index contributed by atoms with van der Waals surface area (Å²) in [6, 6.07) is 1.38. The van der Waals surface area contributed by atoms with Gasteiger partial charge in [0.1, 0.15) is 0 Å². The van der Waals surface area contributed by atoms with Gasteiger partial charge in [-0.15, -0.1) is 0 Å². The van der Waals surface area contributed by atoms with Crippen molar-refractivity contribution in [2.45, 2.75) is 66.0 Å². The molecule has 0 bridgehead atoms. The van der Waals surface area contributed by atoms with Crippen LogP contribution in [0.15, 0.2) is 0 Å². The van der Waals surface area contributed by atoms with Crippen LogP contribution in [0.25, 0.3) is 0 Å². The van der Waals surface area contributed by atoms with E-state index in [1.165, 1.54) is 38.9 Å². The van der Waals surface area contributed by atoms with E-state index < -0.39 is 0 Å². The minimum absolute atomic E-state index is 0.625. The second kappa shape index (κ2) is 7.38. The zero-order valence-corrected chi connectivity index (χ0v) is 12.5. The van der Waals surface area contributed by atoms with Gasteiger partial charge in [-0.1, -0.05) is 27.7 Å². The lowest BCUT2D eigenvalue weighted by Crippen LogP contribution is -2.44. The molecule has 0 spiro atoms. The third kappa shape index (κ3) is 5.87. The van der Waals surface area contributed by atoms with E-state index in [2.05, 4.69) is 44.8 Å². The van der Waals surface area contributed by atoms with Crippen LogP contribution < -0.4 is 5.32 Å². The summed E-state index contributed by atoms with van der Waals surface area (Å²) < 4.78 is 0. The molecule has 1 aliphatic rings. The highest BCUT2D eigenvalue weighted by molar-refractivity contribution is 4.78. The summed E-state index contributed by atoms with van der Waals surface area (Å²) in [6.45, 7) is 15.4. The summed E-state index contributed by atoms with van der Waals surface area (Å²) >= 11 is 0. The van der Waals surface area contributed by atoms with Crippen LogP contribution in [0.3, 0.4) is 0 Å². The van der Waals surface area contributed by atoms with Gasteiger partial charge in [0.2, 0.25) is 0 Å². The molecule has 1 rings (SSSR count). The molecular formula is C15H32N2. The molecule has 0 amide bonds. The van der Waals surface area contributed by atoms with Gasteiger partial charge >= 0.3 is 0 Å². The van der Waals surface area contributed by atoms with Crippen LogP contribution >= 0.6 is 0 Å². The molecule has 102 valence electrons. The van der Waals surface area contributed by atoms with Crippen molar-refractivity contribution in [3.8, 4) is 0 Å². The van der Waals surface area contributed by atoms with Crippen LogP contribution in [0.1, 0.15) is 53.9 Å². The molecule has 1 saturated heterocycles. The molecule has 1 heterocycles. The summed E-state index contributed by atoms with van der Waals surface area (Å²) in [7, 11) is 0. The van der Waals surface area contributed by atoms with Crippen molar-refractivity contribution in [1.29, 1.82) is 0 Å². The van der Waals surface area contributed by atoms with Crippen molar-refractivity contribution in [2.24, 2.45) is 11.8 Å². The number of nitrogens with one attached hydrogen (secondary N) is 1. The summed E-state index contributed by atoms with van der Waals surface area (Å²) in [5.41, 5.74) is 0. The molecule has 0 aliphatic carbocycles. The Hall–Kier alpha value is -0.0800. The predicted molar refractivity (Wildman–Crippen MR) is 76.4 cm³/mol. The van der Waals surface area contributed by atoms with Crippen molar-refractivity contribution >= 4 is 0 Å². The van der Waals surface area contributed by atoms with E-state index in [0.717, 1.165) is 17.9 Å². The summed E-state index contributed by atoms with van der Waals surface area (Å²) in [5, 5.41) is 3.50. The van der Waals surface area contributed by atoms with Gasteiger partial charge in [-0.2, -0.15) is 0 Å². The molecule has 0 aromatic rings. The zero-order chi connectivity index (χ0) is 12.8. The zero-order valence-electron chi connectivity index (χ0n) is 12.5. The Balaban J connectivity index is 2.20. The van der Waals surface area contributed by atoms with Crippen LogP contribution in [-0.4, -0.2) is 36.6 Å². The number of hydrogen-bond acceptors (Lipinski definition) is 2. The molecule has 0 aromatic heterocycles. The lowest BCUT2D eigenvalue weighted by Gasteiger charge is -2.39. The third-order valence-electron chi connectivity index (χ3n) is 3.87. The fourth-order valence-electron chi connectivity index (χ4n) is 3.04. The van der Waals surface area contributed by atoms with Gasteiger partial charge in [0.05, 0.1) is 0 Å². The quantitative estimate of drug-likeness (QED) is 0.718. The lowest BCUT2D eigenvalue weighted by atomic mass is 9.90. The lowest BCUT2D eigenvalue weighted by molar-refractivity contribution is 0.0977.